The number of alkyl halides is 3. The average Bonchev–Trinajstić information content (AvgIpc) is 3.06. The first-order chi connectivity index (χ1) is 10.8. The van der Waals surface area contributed by atoms with Crippen LogP contribution in [0.15, 0.2) is 29.6 Å². The Kier molecular flexibility index (Phi) is 5.91. The number of hydrogen-bond acceptors (Lipinski definition) is 4. The van der Waals surface area contributed by atoms with E-state index in [1.165, 1.54) is 23.5 Å². The zero-order valence-corrected chi connectivity index (χ0v) is 14.7. The Balaban J connectivity index is 0.00000208. The van der Waals surface area contributed by atoms with Crippen molar-refractivity contribution in [3.8, 4) is 10.6 Å². The van der Waals surface area contributed by atoms with Crippen molar-refractivity contribution in [1.29, 1.82) is 0 Å². The molecule has 2 aromatic rings. The molecule has 0 bridgehead atoms. The van der Waals surface area contributed by atoms with Crippen LogP contribution in [0.5, 0.6) is 0 Å². The van der Waals surface area contributed by atoms with Gasteiger partial charge in [-0.2, -0.15) is 13.2 Å². The van der Waals surface area contributed by atoms with Gasteiger partial charge in [0.2, 0.25) is 0 Å². The summed E-state index contributed by atoms with van der Waals surface area (Å²) in [7, 11) is 0. The van der Waals surface area contributed by atoms with E-state index in [2.05, 4.69) is 16.8 Å². The third kappa shape index (κ3) is 4.27. The fourth-order valence-electron chi connectivity index (χ4n) is 2.77. The van der Waals surface area contributed by atoms with Gasteiger partial charge in [-0.3, -0.25) is 4.90 Å². The summed E-state index contributed by atoms with van der Waals surface area (Å²) in [6.45, 7) is 4.68. The Bertz CT molecular complexity index is 662. The van der Waals surface area contributed by atoms with Crippen LogP contribution in [-0.4, -0.2) is 29.0 Å². The van der Waals surface area contributed by atoms with Crippen molar-refractivity contribution < 1.29 is 13.2 Å². The SMILES string of the molecule is CC1CN(Cc2csc(-c3ccc(C(F)(F)F)cc3)n2)CC1N.Cl. The molecule has 8 heteroatoms. The van der Waals surface area contributed by atoms with Gasteiger partial charge in [0.05, 0.1) is 11.3 Å². The molecule has 1 aliphatic heterocycles. The van der Waals surface area contributed by atoms with E-state index in [9.17, 15) is 13.2 Å². The first-order valence-corrected chi connectivity index (χ1v) is 8.31. The summed E-state index contributed by atoms with van der Waals surface area (Å²) in [5, 5.41) is 2.70. The Morgan fingerprint density at radius 3 is 2.46 bits per heavy atom. The Morgan fingerprint density at radius 1 is 1.25 bits per heavy atom. The van der Waals surface area contributed by atoms with Crippen LogP contribution in [0.25, 0.3) is 10.6 Å². The van der Waals surface area contributed by atoms with Gasteiger partial charge in [0.1, 0.15) is 5.01 Å². The number of benzene rings is 1. The normalized spacial score (nSPS) is 21.7. The molecule has 2 N–H and O–H groups in total. The molecular weight excluding hydrogens is 359 g/mol. The van der Waals surface area contributed by atoms with Crippen LogP contribution in [0.2, 0.25) is 0 Å². The second kappa shape index (κ2) is 7.39. The van der Waals surface area contributed by atoms with Crippen LogP contribution in [0.4, 0.5) is 13.2 Å². The van der Waals surface area contributed by atoms with Gasteiger partial charge >= 0.3 is 6.18 Å². The van der Waals surface area contributed by atoms with E-state index in [0.717, 1.165) is 42.5 Å². The van der Waals surface area contributed by atoms with Gasteiger partial charge in [-0.15, -0.1) is 23.7 Å². The van der Waals surface area contributed by atoms with Gasteiger partial charge in [0.15, 0.2) is 0 Å². The largest absolute Gasteiger partial charge is 0.416 e. The number of nitrogens with two attached hydrogens (primary N) is 1. The number of halogens is 4. The van der Waals surface area contributed by atoms with Crippen molar-refractivity contribution in [3.63, 3.8) is 0 Å². The van der Waals surface area contributed by atoms with Crippen LogP contribution in [-0.2, 0) is 12.7 Å². The molecule has 132 valence electrons. The molecule has 1 fully saturated rings. The number of hydrogen-bond donors (Lipinski definition) is 1. The molecule has 3 nitrogen and oxygen atoms in total. The van der Waals surface area contributed by atoms with Gasteiger partial charge in [-0.05, 0) is 18.1 Å². The van der Waals surface area contributed by atoms with Crippen molar-refractivity contribution in [1.82, 2.24) is 9.88 Å². The molecule has 3 rings (SSSR count). The van der Waals surface area contributed by atoms with Gasteiger partial charge in [0, 0.05) is 36.6 Å². The Morgan fingerprint density at radius 2 is 1.92 bits per heavy atom. The van der Waals surface area contributed by atoms with Crippen LogP contribution >= 0.6 is 23.7 Å². The lowest BCUT2D eigenvalue weighted by atomic mass is 10.1. The molecule has 0 saturated carbocycles. The molecule has 0 aliphatic carbocycles. The molecule has 24 heavy (non-hydrogen) atoms. The fourth-order valence-corrected chi connectivity index (χ4v) is 3.58. The smallest absolute Gasteiger partial charge is 0.326 e. The summed E-state index contributed by atoms with van der Waals surface area (Å²) in [5.41, 5.74) is 7.02. The molecule has 0 amide bonds. The lowest BCUT2D eigenvalue weighted by molar-refractivity contribution is -0.137. The van der Waals surface area contributed by atoms with E-state index >= 15 is 0 Å². The number of nitrogens with zero attached hydrogens (tertiary/aromatic N) is 2. The van der Waals surface area contributed by atoms with Crippen molar-refractivity contribution in [2.45, 2.75) is 25.7 Å². The predicted molar refractivity (Wildman–Crippen MR) is 92.2 cm³/mol. The molecule has 2 unspecified atom stereocenters. The zero-order valence-electron chi connectivity index (χ0n) is 13.1. The van der Waals surface area contributed by atoms with Gasteiger partial charge < -0.3 is 5.73 Å². The van der Waals surface area contributed by atoms with E-state index < -0.39 is 11.7 Å². The zero-order chi connectivity index (χ0) is 16.6. The van der Waals surface area contributed by atoms with Crippen molar-refractivity contribution in [2.24, 2.45) is 11.7 Å². The van der Waals surface area contributed by atoms with Crippen molar-refractivity contribution in [3.05, 3.63) is 40.9 Å². The van der Waals surface area contributed by atoms with E-state index in [1.807, 2.05) is 5.38 Å². The molecule has 2 atom stereocenters. The minimum absolute atomic E-state index is 0. The van der Waals surface area contributed by atoms with E-state index in [-0.39, 0.29) is 18.4 Å². The topological polar surface area (TPSA) is 42.2 Å². The van der Waals surface area contributed by atoms with Gasteiger partial charge in [0.25, 0.3) is 0 Å². The lowest BCUT2D eigenvalue weighted by Crippen LogP contribution is -2.28. The van der Waals surface area contributed by atoms with Crippen molar-refractivity contribution in [2.75, 3.05) is 13.1 Å². The second-order valence-electron chi connectivity index (χ2n) is 6.05. The van der Waals surface area contributed by atoms with Crippen LogP contribution < -0.4 is 5.73 Å². The van der Waals surface area contributed by atoms with Gasteiger partial charge in [-0.1, -0.05) is 19.1 Å². The van der Waals surface area contributed by atoms with E-state index in [1.54, 1.807) is 0 Å². The molecule has 2 heterocycles. The molecular formula is C16H19ClF3N3S. The van der Waals surface area contributed by atoms with Crippen LogP contribution in [0.1, 0.15) is 18.2 Å². The molecule has 1 saturated heterocycles. The standard InChI is InChI=1S/C16H18F3N3S.ClH/c1-10-6-22(8-14(10)20)7-13-9-23-15(21-13)11-2-4-12(5-3-11)16(17,18)19;/h2-5,9-10,14H,6-8,20H2,1H3;1H. The molecule has 1 aromatic heterocycles. The summed E-state index contributed by atoms with van der Waals surface area (Å²) < 4.78 is 37.8. The number of aromatic nitrogens is 1. The molecule has 1 aromatic carbocycles. The summed E-state index contributed by atoms with van der Waals surface area (Å²) in [6, 6.07) is 5.33. The molecule has 0 spiro atoms. The minimum Gasteiger partial charge on any atom is -0.326 e. The monoisotopic (exact) mass is 377 g/mol. The third-order valence-corrected chi connectivity index (χ3v) is 5.08. The number of thiazole rings is 1. The summed E-state index contributed by atoms with van der Waals surface area (Å²) in [4.78, 5) is 6.81. The van der Waals surface area contributed by atoms with Gasteiger partial charge in [-0.25, -0.2) is 4.98 Å². The summed E-state index contributed by atoms with van der Waals surface area (Å²) in [5.74, 6) is 0.475. The molecule has 0 radical (unpaired) electrons. The van der Waals surface area contributed by atoms with Crippen LogP contribution in [0, 0.1) is 5.92 Å². The number of rotatable bonds is 3. The summed E-state index contributed by atoms with van der Waals surface area (Å²) in [6.07, 6.45) is -4.31. The quantitative estimate of drug-likeness (QED) is 0.878. The Labute approximate surface area is 149 Å². The summed E-state index contributed by atoms with van der Waals surface area (Å²) >= 11 is 1.45. The Hall–Kier alpha value is -1.15. The lowest BCUT2D eigenvalue weighted by Gasteiger charge is -2.12. The first-order valence-electron chi connectivity index (χ1n) is 7.43. The average molecular weight is 378 g/mol. The van der Waals surface area contributed by atoms with Crippen molar-refractivity contribution >= 4 is 23.7 Å². The fraction of sp³-hybridized carbons (Fsp3) is 0.438. The second-order valence-corrected chi connectivity index (χ2v) is 6.91. The first kappa shape index (κ1) is 19.2. The maximum atomic E-state index is 12.6. The maximum absolute atomic E-state index is 12.6. The van der Waals surface area contributed by atoms with Crippen LogP contribution in [0.3, 0.4) is 0 Å². The highest BCUT2D eigenvalue weighted by Gasteiger charge is 2.30. The minimum atomic E-state index is -4.31. The number of likely N-dealkylation sites (tertiary alicyclic amines) is 1. The predicted octanol–water partition coefficient (Wildman–Crippen LogP) is 4.03. The third-order valence-electron chi connectivity index (χ3n) is 4.14. The maximum Gasteiger partial charge on any atom is 0.416 e. The highest BCUT2D eigenvalue weighted by molar-refractivity contribution is 7.13. The highest BCUT2D eigenvalue weighted by atomic mass is 35.5. The highest BCUT2D eigenvalue weighted by Crippen LogP contribution is 2.32. The molecule has 1 aliphatic rings. The van der Waals surface area contributed by atoms with E-state index in [0.29, 0.717) is 11.5 Å². The van der Waals surface area contributed by atoms with E-state index in [4.69, 9.17) is 5.73 Å².